The maximum atomic E-state index is 9.23. The molecule has 1 radical (unpaired) electrons. The van der Waals surface area contributed by atoms with Gasteiger partial charge in [-0.2, -0.15) is 4.85 Å². The van der Waals surface area contributed by atoms with Gasteiger partial charge in [-0.15, -0.1) is 35.4 Å². The minimum Gasteiger partial charge on any atom is -0.371 e. The summed E-state index contributed by atoms with van der Waals surface area (Å²) in [5.74, 6) is 1.06. The second-order valence-corrected chi connectivity index (χ2v) is 8.67. The van der Waals surface area contributed by atoms with E-state index in [4.69, 9.17) is 11.8 Å². The predicted octanol–water partition coefficient (Wildman–Crippen LogP) is 6.72. The van der Waals surface area contributed by atoms with E-state index in [-0.39, 0.29) is 36.9 Å². The SMILES string of the molecule is [C-]#[N+]c1cc(C#N)c(C#N)[c-]c1-c1cc(-c2ccccc2)c(C)cn1.[Ir].[c-]1cccc2c1-c1nccn1CC2. The molecule has 5 aromatic rings. The molecule has 6 nitrogen and oxygen atoms in total. The molecule has 0 unspecified atom stereocenters. The number of fused-ring (bicyclic) bond motifs is 3. The van der Waals surface area contributed by atoms with E-state index in [1.807, 2.05) is 80.0 Å². The van der Waals surface area contributed by atoms with Gasteiger partial charge >= 0.3 is 0 Å². The molecule has 0 fully saturated rings. The van der Waals surface area contributed by atoms with Crippen LogP contribution < -0.4 is 0 Å². The van der Waals surface area contributed by atoms with Crippen LogP contribution >= 0.6 is 0 Å². The van der Waals surface area contributed by atoms with E-state index in [1.54, 1.807) is 6.20 Å². The van der Waals surface area contributed by atoms with Gasteiger partial charge in [-0.1, -0.05) is 42.5 Å². The largest absolute Gasteiger partial charge is 0.371 e. The summed E-state index contributed by atoms with van der Waals surface area (Å²) in [4.78, 5) is 12.2. The average molecular weight is 681 g/mol. The Morgan fingerprint density at radius 2 is 1.85 bits per heavy atom. The zero-order chi connectivity index (χ0) is 26.5. The fourth-order valence-corrected chi connectivity index (χ4v) is 4.43. The number of aromatic nitrogens is 3. The fraction of sp³-hybridized carbons (Fsp3) is 0.0938. The predicted molar refractivity (Wildman–Crippen MR) is 145 cm³/mol. The van der Waals surface area contributed by atoms with Crippen molar-refractivity contribution >= 4 is 5.69 Å². The van der Waals surface area contributed by atoms with Gasteiger partial charge in [-0.25, -0.2) is 10.5 Å². The summed E-state index contributed by atoms with van der Waals surface area (Å²) in [5.41, 5.74) is 7.08. The van der Waals surface area contributed by atoms with Crippen LogP contribution in [-0.4, -0.2) is 14.5 Å². The van der Waals surface area contributed by atoms with E-state index >= 15 is 0 Å². The van der Waals surface area contributed by atoms with Crippen molar-refractivity contribution in [2.45, 2.75) is 19.9 Å². The van der Waals surface area contributed by atoms with E-state index < -0.39 is 0 Å². The molecular weight excluding hydrogens is 661 g/mol. The molecule has 3 aromatic carbocycles. The molecule has 0 saturated heterocycles. The number of imidazole rings is 1. The van der Waals surface area contributed by atoms with Crippen LogP contribution in [0.5, 0.6) is 0 Å². The van der Waals surface area contributed by atoms with Crippen molar-refractivity contribution in [2.75, 3.05) is 0 Å². The van der Waals surface area contributed by atoms with Crippen LogP contribution in [0, 0.1) is 48.3 Å². The zero-order valence-electron chi connectivity index (χ0n) is 20.9. The summed E-state index contributed by atoms with van der Waals surface area (Å²) >= 11 is 0. The van der Waals surface area contributed by atoms with E-state index in [9.17, 15) is 5.26 Å². The molecule has 189 valence electrons. The number of nitrogens with zero attached hydrogens (tertiary/aromatic N) is 6. The van der Waals surface area contributed by atoms with Gasteiger partial charge in [-0.3, -0.25) is 9.97 Å². The molecule has 1 aliphatic rings. The second kappa shape index (κ2) is 12.1. The van der Waals surface area contributed by atoms with Crippen molar-refractivity contribution in [1.82, 2.24) is 14.5 Å². The second-order valence-electron chi connectivity index (χ2n) is 8.67. The zero-order valence-corrected chi connectivity index (χ0v) is 23.3. The molecule has 2 aromatic heterocycles. The number of nitriles is 2. The molecule has 0 spiro atoms. The van der Waals surface area contributed by atoms with Gasteiger partial charge in [-0.05, 0) is 53.3 Å². The summed E-state index contributed by atoms with van der Waals surface area (Å²) in [7, 11) is 0. The summed E-state index contributed by atoms with van der Waals surface area (Å²) in [6.07, 6.45) is 6.71. The van der Waals surface area contributed by atoms with Crippen molar-refractivity contribution < 1.29 is 20.1 Å². The molecule has 1 aliphatic heterocycles. The quantitative estimate of drug-likeness (QED) is 0.194. The summed E-state index contributed by atoms with van der Waals surface area (Å²) < 4.78 is 2.18. The Morgan fingerprint density at radius 3 is 2.59 bits per heavy atom. The van der Waals surface area contributed by atoms with E-state index in [0.717, 1.165) is 35.5 Å². The summed E-state index contributed by atoms with van der Waals surface area (Å²) in [6.45, 7) is 10.4. The number of aryl methyl sites for hydroxylation is 3. The Morgan fingerprint density at radius 1 is 1.03 bits per heavy atom. The van der Waals surface area contributed by atoms with Gasteiger partial charge in [0.2, 0.25) is 0 Å². The van der Waals surface area contributed by atoms with E-state index in [2.05, 4.69) is 37.6 Å². The first-order valence-electron chi connectivity index (χ1n) is 11.9. The molecule has 0 amide bonds. The van der Waals surface area contributed by atoms with Crippen LogP contribution in [0.4, 0.5) is 5.69 Å². The Labute approximate surface area is 241 Å². The minimum absolute atomic E-state index is 0. The number of rotatable bonds is 2. The molecule has 0 atom stereocenters. The van der Waals surface area contributed by atoms with Gasteiger partial charge in [0.25, 0.3) is 5.69 Å². The maximum absolute atomic E-state index is 9.23. The Balaban J connectivity index is 0.000000210. The fourth-order valence-electron chi connectivity index (χ4n) is 4.43. The molecular formula is C32H20IrN6-2. The summed E-state index contributed by atoms with van der Waals surface area (Å²) in [6, 6.07) is 29.3. The molecule has 3 heterocycles. The number of hydrogen-bond donors (Lipinski definition) is 0. The van der Waals surface area contributed by atoms with Crippen LogP contribution in [0.1, 0.15) is 22.3 Å². The number of benzene rings is 3. The molecule has 6 rings (SSSR count). The average Bonchev–Trinajstić information content (AvgIpc) is 3.47. The first kappa shape index (κ1) is 27.2. The topological polar surface area (TPSA) is 82.7 Å². The van der Waals surface area contributed by atoms with E-state index in [0.29, 0.717) is 11.3 Å². The maximum Gasteiger partial charge on any atom is 0.254 e. The summed E-state index contributed by atoms with van der Waals surface area (Å²) in [5, 5.41) is 18.4. The molecule has 0 N–H and O–H groups in total. The number of hydrogen-bond acceptors (Lipinski definition) is 4. The molecule has 39 heavy (non-hydrogen) atoms. The first-order chi connectivity index (χ1) is 18.6. The Bertz CT molecular complexity index is 1770. The van der Waals surface area contributed by atoms with E-state index in [1.165, 1.54) is 17.2 Å². The third kappa shape index (κ3) is 5.54. The van der Waals surface area contributed by atoms with Crippen molar-refractivity contribution in [3.63, 3.8) is 0 Å². The minimum atomic E-state index is 0. The van der Waals surface area contributed by atoms with Crippen molar-refractivity contribution in [1.29, 1.82) is 10.5 Å². The van der Waals surface area contributed by atoms with Gasteiger partial charge in [0.1, 0.15) is 6.57 Å². The van der Waals surface area contributed by atoms with Gasteiger partial charge in [0.05, 0.1) is 11.9 Å². The van der Waals surface area contributed by atoms with Crippen LogP contribution in [0.15, 0.2) is 79.3 Å². The van der Waals surface area contributed by atoms with Crippen LogP contribution in [0.25, 0.3) is 38.6 Å². The van der Waals surface area contributed by atoms with Crippen LogP contribution in [-0.2, 0) is 33.1 Å². The normalized spacial score (nSPS) is 10.7. The molecule has 0 saturated carbocycles. The Hall–Kier alpha value is -4.86. The van der Waals surface area contributed by atoms with Crippen molar-refractivity contribution in [3.05, 3.63) is 125 Å². The van der Waals surface area contributed by atoms with Gasteiger partial charge in [0, 0.05) is 56.5 Å². The van der Waals surface area contributed by atoms with Gasteiger partial charge in [0.15, 0.2) is 0 Å². The standard InChI is InChI=1S/C21H11N4.C11H9N2.Ir/c1-14-13-25-21(10-18(14)15-6-4-3-5-7-15)19-8-16(11-22)17(12-23)9-20(19)24-2;1-2-4-10-9(3-1)5-7-13-8-6-12-11(10)13;/h3-7,9-10,13H,1H3;1-3,6,8H,5,7H2;/q2*-1;. The third-order valence-electron chi connectivity index (χ3n) is 6.36. The van der Waals surface area contributed by atoms with Gasteiger partial charge < -0.3 is 4.57 Å². The first-order valence-corrected chi connectivity index (χ1v) is 11.9. The van der Waals surface area contributed by atoms with Crippen molar-refractivity contribution in [3.8, 4) is 45.9 Å². The molecule has 7 heteroatoms. The smallest absolute Gasteiger partial charge is 0.254 e. The van der Waals surface area contributed by atoms with Crippen molar-refractivity contribution in [2.24, 2.45) is 0 Å². The Kier molecular flexibility index (Phi) is 8.45. The molecule has 0 aliphatic carbocycles. The van der Waals surface area contributed by atoms with Crippen LogP contribution in [0.2, 0.25) is 0 Å². The van der Waals surface area contributed by atoms with Crippen LogP contribution in [0.3, 0.4) is 0 Å². The monoisotopic (exact) mass is 681 g/mol. The molecule has 0 bridgehead atoms. The number of pyridine rings is 1. The third-order valence-corrected chi connectivity index (χ3v) is 6.36.